The number of nitrogens with one attached hydrogen (secondary N) is 1. The third-order valence-corrected chi connectivity index (χ3v) is 6.56. The zero-order chi connectivity index (χ0) is 15.5. The lowest BCUT2D eigenvalue weighted by molar-refractivity contribution is 0.310. The second-order valence-electron chi connectivity index (χ2n) is 5.82. The minimum Gasteiger partial charge on any atom is -0.495 e. The normalized spacial score (nSPS) is 26.5. The van der Waals surface area contributed by atoms with Gasteiger partial charge in [-0.15, -0.1) is 0 Å². The molecule has 2 rings (SSSR count). The number of ether oxygens (including phenoxy) is 1. The van der Waals surface area contributed by atoms with E-state index in [-0.39, 0.29) is 11.3 Å². The first-order chi connectivity index (χ1) is 10.0. The Morgan fingerprint density at radius 3 is 2.67 bits per heavy atom. The number of rotatable bonds is 5. The van der Waals surface area contributed by atoms with Gasteiger partial charge >= 0.3 is 0 Å². The summed E-state index contributed by atoms with van der Waals surface area (Å²) in [5.41, 5.74) is 0. The van der Waals surface area contributed by atoms with Gasteiger partial charge in [0, 0.05) is 6.04 Å². The minimum atomic E-state index is -3.40. The zero-order valence-corrected chi connectivity index (χ0v) is 13.8. The molecule has 1 N–H and O–H groups in total. The molecule has 21 heavy (non-hydrogen) atoms. The number of para-hydroxylation sites is 1. The molecule has 3 atom stereocenters. The Labute approximate surface area is 127 Å². The van der Waals surface area contributed by atoms with E-state index in [0.717, 1.165) is 19.4 Å². The summed E-state index contributed by atoms with van der Waals surface area (Å²) >= 11 is 0. The van der Waals surface area contributed by atoms with Crippen molar-refractivity contribution in [3.63, 3.8) is 0 Å². The second kappa shape index (κ2) is 6.79. The molecule has 0 radical (unpaired) electrons. The predicted molar refractivity (Wildman–Crippen MR) is 84.4 cm³/mol. The van der Waals surface area contributed by atoms with Crippen molar-refractivity contribution in [2.75, 3.05) is 13.7 Å². The van der Waals surface area contributed by atoms with Crippen LogP contribution in [0.1, 0.15) is 33.1 Å². The summed E-state index contributed by atoms with van der Waals surface area (Å²) in [6, 6.07) is 6.94. The lowest BCUT2D eigenvalue weighted by atomic mass is 9.87. The molecule has 0 aliphatic heterocycles. The average Bonchev–Trinajstić information content (AvgIpc) is 2.49. The number of benzene rings is 1. The van der Waals surface area contributed by atoms with Crippen molar-refractivity contribution in [1.29, 1.82) is 0 Å². The highest BCUT2D eigenvalue weighted by atomic mass is 32.2. The van der Waals surface area contributed by atoms with E-state index >= 15 is 0 Å². The fraction of sp³-hybridized carbons (Fsp3) is 0.625. The van der Waals surface area contributed by atoms with Gasteiger partial charge in [-0.1, -0.05) is 26.0 Å². The topological polar surface area (TPSA) is 55.4 Å². The number of sulfone groups is 1. The van der Waals surface area contributed by atoms with E-state index in [1.54, 1.807) is 24.3 Å². The summed E-state index contributed by atoms with van der Waals surface area (Å²) < 4.78 is 31.4. The molecule has 1 aliphatic rings. The molecule has 0 spiro atoms. The van der Waals surface area contributed by atoms with E-state index in [1.807, 2.05) is 6.92 Å². The molecule has 1 aliphatic carbocycles. The van der Waals surface area contributed by atoms with Crippen molar-refractivity contribution in [3.8, 4) is 5.75 Å². The van der Waals surface area contributed by atoms with E-state index in [4.69, 9.17) is 4.74 Å². The molecule has 5 heteroatoms. The van der Waals surface area contributed by atoms with Crippen molar-refractivity contribution < 1.29 is 13.2 Å². The summed E-state index contributed by atoms with van der Waals surface area (Å²) in [6.07, 6.45) is 2.70. The van der Waals surface area contributed by atoms with Crippen LogP contribution in [0.25, 0.3) is 0 Å². The van der Waals surface area contributed by atoms with Crippen molar-refractivity contribution in [3.05, 3.63) is 24.3 Å². The first-order valence-electron chi connectivity index (χ1n) is 7.61. The Morgan fingerprint density at radius 2 is 2.00 bits per heavy atom. The van der Waals surface area contributed by atoms with E-state index in [0.29, 0.717) is 23.0 Å². The van der Waals surface area contributed by atoms with Gasteiger partial charge in [-0.3, -0.25) is 0 Å². The first-order valence-corrected chi connectivity index (χ1v) is 9.15. The number of hydrogen-bond donors (Lipinski definition) is 1. The lowest BCUT2D eigenvalue weighted by Gasteiger charge is -2.35. The van der Waals surface area contributed by atoms with Gasteiger partial charge in [0.15, 0.2) is 9.84 Å². The third kappa shape index (κ3) is 3.40. The van der Waals surface area contributed by atoms with Crippen LogP contribution in [0.3, 0.4) is 0 Å². The maximum atomic E-state index is 13.1. The van der Waals surface area contributed by atoms with Gasteiger partial charge in [-0.05, 0) is 43.9 Å². The van der Waals surface area contributed by atoms with Gasteiger partial charge in [0.1, 0.15) is 10.6 Å². The number of hydrogen-bond acceptors (Lipinski definition) is 4. The largest absolute Gasteiger partial charge is 0.495 e. The van der Waals surface area contributed by atoms with Crippen LogP contribution >= 0.6 is 0 Å². The highest BCUT2D eigenvalue weighted by molar-refractivity contribution is 7.92. The molecule has 3 unspecified atom stereocenters. The molecule has 0 heterocycles. The smallest absolute Gasteiger partial charge is 0.186 e. The maximum Gasteiger partial charge on any atom is 0.186 e. The highest BCUT2D eigenvalue weighted by Gasteiger charge is 2.39. The molecule has 0 amide bonds. The monoisotopic (exact) mass is 311 g/mol. The summed E-state index contributed by atoms with van der Waals surface area (Å²) in [6.45, 7) is 4.94. The summed E-state index contributed by atoms with van der Waals surface area (Å²) in [5, 5.41) is 2.97. The molecule has 1 aromatic carbocycles. The van der Waals surface area contributed by atoms with Crippen LogP contribution in [-0.2, 0) is 9.84 Å². The lowest BCUT2D eigenvalue weighted by Crippen LogP contribution is -2.47. The van der Waals surface area contributed by atoms with Crippen molar-refractivity contribution in [2.45, 2.75) is 49.3 Å². The molecule has 1 aromatic rings. The van der Waals surface area contributed by atoms with Crippen LogP contribution < -0.4 is 10.1 Å². The van der Waals surface area contributed by atoms with Crippen LogP contribution in [0.2, 0.25) is 0 Å². The fourth-order valence-corrected chi connectivity index (χ4v) is 5.46. The molecule has 1 saturated carbocycles. The van der Waals surface area contributed by atoms with Gasteiger partial charge in [-0.25, -0.2) is 8.42 Å². The third-order valence-electron chi connectivity index (χ3n) is 4.29. The SMILES string of the molecule is CCNC1CCC(C)CC1S(=O)(=O)c1ccccc1OC. The van der Waals surface area contributed by atoms with Gasteiger partial charge in [0.05, 0.1) is 12.4 Å². The molecule has 0 saturated heterocycles. The van der Waals surface area contributed by atoms with E-state index in [2.05, 4.69) is 12.2 Å². The number of methoxy groups -OCH3 is 1. The van der Waals surface area contributed by atoms with Crippen LogP contribution in [0.15, 0.2) is 29.2 Å². The van der Waals surface area contributed by atoms with Crippen LogP contribution in [0.4, 0.5) is 0 Å². The standard InChI is InChI=1S/C16H25NO3S/c1-4-17-13-10-9-12(2)11-16(13)21(18,19)15-8-6-5-7-14(15)20-3/h5-8,12-13,16-17H,4,9-11H2,1-3H3. The summed E-state index contributed by atoms with van der Waals surface area (Å²) in [5.74, 6) is 0.875. The van der Waals surface area contributed by atoms with E-state index in [1.165, 1.54) is 7.11 Å². The molecule has 0 bridgehead atoms. The van der Waals surface area contributed by atoms with Gasteiger partial charge in [0.2, 0.25) is 0 Å². The van der Waals surface area contributed by atoms with Crippen molar-refractivity contribution in [1.82, 2.24) is 5.32 Å². The molecule has 118 valence electrons. The summed E-state index contributed by atoms with van der Waals surface area (Å²) in [4.78, 5) is 0.314. The zero-order valence-electron chi connectivity index (χ0n) is 13.0. The van der Waals surface area contributed by atoms with Crippen LogP contribution in [0, 0.1) is 5.92 Å². The Morgan fingerprint density at radius 1 is 1.29 bits per heavy atom. The minimum absolute atomic E-state index is 0.0288. The van der Waals surface area contributed by atoms with Gasteiger partial charge in [0.25, 0.3) is 0 Å². The maximum absolute atomic E-state index is 13.1. The molecular formula is C16H25NO3S. The van der Waals surface area contributed by atoms with E-state index in [9.17, 15) is 8.42 Å². The summed E-state index contributed by atoms with van der Waals surface area (Å²) in [7, 11) is -1.88. The van der Waals surface area contributed by atoms with Gasteiger partial charge < -0.3 is 10.1 Å². The Balaban J connectivity index is 2.39. The predicted octanol–water partition coefficient (Wildman–Crippen LogP) is 2.64. The van der Waals surface area contributed by atoms with Crippen LogP contribution in [-0.4, -0.2) is 33.4 Å². The van der Waals surface area contributed by atoms with Crippen LogP contribution in [0.5, 0.6) is 5.75 Å². The Kier molecular flexibility index (Phi) is 5.27. The van der Waals surface area contributed by atoms with Crippen molar-refractivity contribution in [2.24, 2.45) is 5.92 Å². The van der Waals surface area contributed by atoms with Crippen molar-refractivity contribution >= 4 is 9.84 Å². The fourth-order valence-electron chi connectivity index (χ4n) is 3.18. The Hall–Kier alpha value is -1.07. The second-order valence-corrected chi connectivity index (χ2v) is 7.95. The molecule has 0 aromatic heterocycles. The Bertz CT molecular complexity index is 571. The molecule has 1 fully saturated rings. The first kappa shape index (κ1) is 16.3. The van der Waals surface area contributed by atoms with E-state index < -0.39 is 9.84 Å². The van der Waals surface area contributed by atoms with Gasteiger partial charge in [-0.2, -0.15) is 0 Å². The average molecular weight is 311 g/mol. The molecule has 4 nitrogen and oxygen atoms in total. The molecular weight excluding hydrogens is 286 g/mol. The highest BCUT2D eigenvalue weighted by Crippen LogP contribution is 2.35. The quantitative estimate of drug-likeness (QED) is 0.908.